The highest BCUT2D eigenvalue weighted by molar-refractivity contribution is 6.49. The van der Waals surface area contributed by atoms with Crippen LogP contribution in [-0.4, -0.2) is 18.7 Å². The number of hydrogen-bond acceptors (Lipinski definition) is 3. The van der Waals surface area contributed by atoms with Crippen LogP contribution in [0.2, 0.25) is 0 Å². The van der Waals surface area contributed by atoms with Crippen LogP contribution in [0.5, 0.6) is 5.75 Å². The molecule has 3 nitrogen and oxygen atoms in total. The molecule has 2 rings (SSSR count). The summed E-state index contributed by atoms with van der Waals surface area (Å²) in [5.41, 5.74) is 0.442. The molecule has 0 N–H and O–H groups in total. The Morgan fingerprint density at radius 1 is 0.842 bits per heavy atom. The van der Waals surface area contributed by atoms with Crippen LogP contribution in [0, 0.1) is 5.82 Å². The summed E-state index contributed by atoms with van der Waals surface area (Å²) < 4.78 is 17.7. The molecule has 19 heavy (non-hydrogen) atoms. The number of halogens is 1. The van der Waals surface area contributed by atoms with Crippen LogP contribution in [0.15, 0.2) is 48.5 Å². The number of carbonyl (C=O) groups excluding carboxylic acids is 2. The maximum Gasteiger partial charge on any atom is 0.233 e. The SMILES string of the molecule is COc1ccc(C(=O)C(=O)c2ccc(F)cc2)cc1. The number of methoxy groups -OCH3 is 1. The lowest BCUT2D eigenvalue weighted by Gasteiger charge is -2.02. The van der Waals surface area contributed by atoms with Crippen LogP contribution < -0.4 is 4.74 Å². The van der Waals surface area contributed by atoms with Gasteiger partial charge in [0, 0.05) is 11.1 Å². The Kier molecular flexibility index (Phi) is 3.71. The molecule has 0 atom stereocenters. The van der Waals surface area contributed by atoms with E-state index in [1.54, 1.807) is 12.1 Å². The van der Waals surface area contributed by atoms with Gasteiger partial charge in [0.15, 0.2) is 0 Å². The number of hydrogen-bond donors (Lipinski definition) is 0. The van der Waals surface area contributed by atoms with Gasteiger partial charge in [-0.25, -0.2) is 4.39 Å². The van der Waals surface area contributed by atoms with Crippen molar-refractivity contribution in [3.8, 4) is 5.75 Å². The molecule has 0 amide bonds. The Hall–Kier alpha value is -2.49. The molecule has 0 unspecified atom stereocenters. The monoisotopic (exact) mass is 258 g/mol. The Morgan fingerprint density at radius 2 is 1.26 bits per heavy atom. The molecule has 0 saturated carbocycles. The summed E-state index contributed by atoms with van der Waals surface area (Å²) in [5.74, 6) is -1.14. The van der Waals surface area contributed by atoms with Gasteiger partial charge in [0.2, 0.25) is 11.6 Å². The largest absolute Gasteiger partial charge is 0.497 e. The first-order valence-electron chi connectivity index (χ1n) is 5.60. The van der Waals surface area contributed by atoms with Crippen molar-refractivity contribution in [2.24, 2.45) is 0 Å². The number of Topliss-reactive ketones (excluding diaryl/α,β-unsaturated/α-hetero) is 2. The van der Waals surface area contributed by atoms with Gasteiger partial charge in [-0.1, -0.05) is 0 Å². The minimum absolute atomic E-state index is 0.169. The topological polar surface area (TPSA) is 43.4 Å². The van der Waals surface area contributed by atoms with Crippen molar-refractivity contribution in [2.75, 3.05) is 7.11 Å². The predicted octanol–water partition coefficient (Wildman–Crippen LogP) is 2.90. The van der Waals surface area contributed by atoms with Crippen LogP contribution in [-0.2, 0) is 0 Å². The van der Waals surface area contributed by atoms with Crippen molar-refractivity contribution < 1.29 is 18.7 Å². The molecule has 0 aliphatic heterocycles. The van der Waals surface area contributed by atoms with Gasteiger partial charge in [0.1, 0.15) is 11.6 Å². The van der Waals surface area contributed by atoms with Gasteiger partial charge >= 0.3 is 0 Å². The lowest BCUT2D eigenvalue weighted by molar-refractivity contribution is 0.0817. The Labute approximate surface area is 109 Å². The fourth-order valence-electron chi connectivity index (χ4n) is 1.61. The van der Waals surface area contributed by atoms with E-state index in [1.165, 1.54) is 31.4 Å². The van der Waals surface area contributed by atoms with Gasteiger partial charge in [-0.15, -0.1) is 0 Å². The molecule has 0 spiro atoms. The number of rotatable bonds is 4. The molecule has 2 aromatic carbocycles. The smallest absolute Gasteiger partial charge is 0.233 e. The Balaban J connectivity index is 2.23. The molecule has 2 aromatic rings. The Bertz CT molecular complexity index is 600. The molecular formula is C15H11FO3. The molecule has 0 heterocycles. The summed E-state index contributed by atoms with van der Waals surface area (Å²) in [6, 6.07) is 11.1. The molecule has 96 valence electrons. The van der Waals surface area contributed by atoms with Crippen LogP contribution >= 0.6 is 0 Å². The molecule has 0 aliphatic carbocycles. The average molecular weight is 258 g/mol. The zero-order chi connectivity index (χ0) is 13.8. The van der Waals surface area contributed by atoms with Gasteiger partial charge in [-0.3, -0.25) is 9.59 Å². The summed E-state index contributed by atoms with van der Waals surface area (Å²) in [7, 11) is 1.51. The van der Waals surface area contributed by atoms with Crippen molar-refractivity contribution in [1.29, 1.82) is 0 Å². The van der Waals surface area contributed by atoms with Crippen molar-refractivity contribution >= 4 is 11.6 Å². The normalized spacial score (nSPS) is 10.0. The third-order valence-corrected chi connectivity index (χ3v) is 2.66. The second kappa shape index (κ2) is 5.44. The molecule has 4 heteroatoms. The quantitative estimate of drug-likeness (QED) is 0.625. The van der Waals surface area contributed by atoms with Crippen LogP contribution in [0.1, 0.15) is 20.7 Å². The fraction of sp³-hybridized carbons (Fsp3) is 0.0667. The average Bonchev–Trinajstić information content (AvgIpc) is 2.46. The maximum absolute atomic E-state index is 12.7. The lowest BCUT2D eigenvalue weighted by atomic mass is 10.0. The van der Waals surface area contributed by atoms with Gasteiger partial charge in [0.25, 0.3) is 0 Å². The van der Waals surface area contributed by atoms with E-state index < -0.39 is 17.4 Å². The van der Waals surface area contributed by atoms with E-state index in [2.05, 4.69) is 0 Å². The molecule has 0 aromatic heterocycles. The predicted molar refractivity (Wildman–Crippen MR) is 68.1 cm³/mol. The number of benzene rings is 2. The number of ketones is 2. The highest BCUT2D eigenvalue weighted by Crippen LogP contribution is 2.14. The van der Waals surface area contributed by atoms with Gasteiger partial charge < -0.3 is 4.74 Å². The van der Waals surface area contributed by atoms with E-state index in [0.29, 0.717) is 5.75 Å². The van der Waals surface area contributed by atoms with Gasteiger partial charge in [-0.05, 0) is 48.5 Å². The first-order valence-corrected chi connectivity index (χ1v) is 5.60. The van der Waals surface area contributed by atoms with Crippen molar-refractivity contribution in [1.82, 2.24) is 0 Å². The van der Waals surface area contributed by atoms with Crippen molar-refractivity contribution in [3.05, 3.63) is 65.5 Å². The second-order valence-electron chi connectivity index (χ2n) is 3.89. The van der Waals surface area contributed by atoms with Crippen molar-refractivity contribution in [2.45, 2.75) is 0 Å². The van der Waals surface area contributed by atoms with E-state index in [9.17, 15) is 14.0 Å². The molecule has 0 saturated heterocycles. The minimum atomic E-state index is -0.662. The summed E-state index contributed by atoms with van der Waals surface area (Å²) in [6.07, 6.45) is 0. The van der Waals surface area contributed by atoms with Gasteiger partial charge in [-0.2, -0.15) is 0 Å². The summed E-state index contributed by atoms with van der Waals surface area (Å²) >= 11 is 0. The standard InChI is InChI=1S/C15H11FO3/c1-19-13-8-4-11(5-9-13)15(18)14(17)10-2-6-12(16)7-3-10/h2-9H,1H3. The van der Waals surface area contributed by atoms with Crippen LogP contribution in [0.3, 0.4) is 0 Å². The second-order valence-corrected chi connectivity index (χ2v) is 3.89. The summed E-state index contributed by atoms with van der Waals surface area (Å²) in [5, 5.41) is 0. The summed E-state index contributed by atoms with van der Waals surface area (Å²) in [6.45, 7) is 0. The van der Waals surface area contributed by atoms with E-state index in [0.717, 1.165) is 12.1 Å². The lowest BCUT2D eigenvalue weighted by Crippen LogP contribution is -2.14. The third-order valence-electron chi connectivity index (χ3n) is 2.66. The molecule has 0 radical (unpaired) electrons. The van der Waals surface area contributed by atoms with Crippen LogP contribution in [0.4, 0.5) is 4.39 Å². The highest BCUT2D eigenvalue weighted by atomic mass is 19.1. The molecular weight excluding hydrogens is 247 g/mol. The zero-order valence-corrected chi connectivity index (χ0v) is 10.2. The van der Waals surface area contributed by atoms with Crippen molar-refractivity contribution in [3.63, 3.8) is 0 Å². The molecule has 0 bridgehead atoms. The molecule has 0 aliphatic rings. The Morgan fingerprint density at radius 3 is 1.68 bits per heavy atom. The van der Waals surface area contributed by atoms with E-state index in [4.69, 9.17) is 4.74 Å². The van der Waals surface area contributed by atoms with E-state index in [1.807, 2.05) is 0 Å². The fourth-order valence-corrected chi connectivity index (χ4v) is 1.61. The van der Waals surface area contributed by atoms with Crippen LogP contribution in [0.25, 0.3) is 0 Å². The minimum Gasteiger partial charge on any atom is -0.497 e. The number of carbonyl (C=O) groups is 2. The number of ether oxygens (including phenoxy) is 1. The van der Waals surface area contributed by atoms with E-state index >= 15 is 0 Å². The summed E-state index contributed by atoms with van der Waals surface area (Å²) in [4.78, 5) is 23.9. The van der Waals surface area contributed by atoms with Gasteiger partial charge in [0.05, 0.1) is 7.11 Å². The van der Waals surface area contributed by atoms with E-state index in [-0.39, 0.29) is 11.1 Å². The molecule has 0 fully saturated rings. The zero-order valence-electron chi connectivity index (χ0n) is 10.2. The maximum atomic E-state index is 12.7. The first-order chi connectivity index (χ1) is 9.11. The first kappa shape index (κ1) is 13.0. The third kappa shape index (κ3) is 2.85. The highest BCUT2D eigenvalue weighted by Gasteiger charge is 2.18.